The Balaban J connectivity index is 0.00000441. The molecule has 0 saturated heterocycles. The Labute approximate surface area is 145 Å². The molecule has 0 saturated carbocycles. The van der Waals surface area contributed by atoms with Crippen LogP contribution in [0, 0.1) is 5.92 Å². The van der Waals surface area contributed by atoms with Gasteiger partial charge in [-0.05, 0) is 30.0 Å². The van der Waals surface area contributed by atoms with E-state index in [2.05, 4.69) is 26.6 Å². The highest BCUT2D eigenvalue weighted by atomic mass is 79.9. The minimum absolute atomic E-state index is 0. The van der Waals surface area contributed by atoms with Crippen molar-refractivity contribution in [3.8, 4) is 0 Å². The number of hydrogen-bond donors (Lipinski definition) is 3. The first kappa shape index (κ1) is 20.9. The van der Waals surface area contributed by atoms with Crippen LogP contribution < -0.4 is 16.4 Å². The molecule has 0 heterocycles. The molecule has 0 bridgehead atoms. The molecule has 1 atom stereocenters. The summed E-state index contributed by atoms with van der Waals surface area (Å²) in [5.41, 5.74) is 6.83. The molecule has 7 heteroatoms. The normalized spacial score (nSPS) is 11.5. The molecule has 0 aliphatic heterocycles. The standard InChI is InChI=1S/C15H22BrN3O2.ClH/c1-10(2)14(17)15(21)19-9-13(20)18-8-7-11-3-5-12(16)6-4-11;/h3-6,10,14H,7-9,17H2,1-2H3,(H,18,20)(H,19,21);1H/t14-;/m0./s1. The molecule has 0 aliphatic rings. The molecule has 1 rings (SSSR count). The summed E-state index contributed by atoms with van der Waals surface area (Å²) in [7, 11) is 0. The third-order valence-electron chi connectivity index (χ3n) is 3.09. The molecule has 124 valence electrons. The molecule has 1 aromatic rings. The average Bonchev–Trinajstić information content (AvgIpc) is 2.46. The number of amides is 2. The fraction of sp³-hybridized carbons (Fsp3) is 0.467. The molecular weight excluding hydrogens is 370 g/mol. The largest absolute Gasteiger partial charge is 0.354 e. The lowest BCUT2D eigenvalue weighted by Gasteiger charge is -2.15. The number of halogens is 2. The van der Waals surface area contributed by atoms with Crippen molar-refractivity contribution in [1.29, 1.82) is 0 Å². The van der Waals surface area contributed by atoms with E-state index in [1.165, 1.54) is 0 Å². The minimum Gasteiger partial charge on any atom is -0.354 e. The summed E-state index contributed by atoms with van der Waals surface area (Å²) < 4.78 is 1.03. The van der Waals surface area contributed by atoms with E-state index in [4.69, 9.17) is 5.73 Å². The summed E-state index contributed by atoms with van der Waals surface area (Å²) in [5.74, 6) is -0.463. The van der Waals surface area contributed by atoms with Gasteiger partial charge in [0, 0.05) is 11.0 Å². The molecular formula is C15H23BrClN3O2. The Morgan fingerprint density at radius 1 is 1.18 bits per heavy atom. The van der Waals surface area contributed by atoms with Crippen molar-refractivity contribution in [2.24, 2.45) is 11.7 Å². The van der Waals surface area contributed by atoms with Crippen molar-refractivity contribution in [2.75, 3.05) is 13.1 Å². The van der Waals surface area contributed by atoms with E-state index in [0.717, 1.165) is 16.5 Å². The van der Waals surface area contributed by atoms with Gasteiger partial charge in [0.1, 0.15) is 0 Å². The van der Waals surface area contributed by atoms with Gasteiger partial charge in [0.25, 0.3) is 0 Å². The highest BCUT2D eigenvalue weighted by Crippen LogP contribution is 2.10. The van der Waals surface area contributed by atoms with Crippen LogP contribution in [0.4, 0.5) is 0 Å². The van der Waals surface area contributed by atoms with E-state index < -0.39 is 6.04 Å². The van der Waals surface area contributed by atoms with Crippen LogP contribution in [0.2, 0.25) is 0 Å². The number of nitrogens with one attached hydrogen (secondary N) is 2. The SMILES string of the molecule is CC(C)[C@H](N)C(=O)NCC(=O)NCCc1ccc(Br)cc1.Cl. The molecule has 0 fully saturated rings. The van der Waals surface area contributed by atoms with Gasteiger partial charge in [0.2, 0.25) is 11.8 Å². The van der Waals surface area contributed by atoms with Crippen molar-refractivity contribution >= 4 is 40.2 Å². The summed E-state index contributed by atoms with van der Waals surface area (Å²) in [6, 6.07) is 7.34. The smallest absolute Gasteiger partial charge is 0.239 e. The molecule has 0 radical (unpaired) electrons. The maximum absolute atomic E-state index is 11.6. The summed E-state index contributed by atoms with van der Waals surface area (Å²) in [6.45, 7) is 4.22. The monoisotopic (exact) mass is 391 g/mol. The van der Waals surface area contributed by atoms with Gasteiger partial charge in [-0.3, -0.25) is 9.59 Å². The molecule has 0 spiro atoms. The van der Waals surface area contributed by atoms with Crippen LogP contribution in [0.5, 0.6) is 0 Å². The summed E-state index contributed by atoms with van der Waals surface area (Å²) >= 11 is 3.37. The van der Waals surface area contributed by atoms with E-state index in [-0.39, 0.29) is 36.7 Å². The van der Waals surface area contributed by atoms with Crippen molar-refractivity contribution in [3.05, 3.63) is 34.3 Å². The van der Waals surface area contributed by atoms with Crippen molar-refractivity contribution in [2.45, 2.75) is 26.3 Å². The predicted octanol–water partition coefficient (Wildman–Crippen LogP) is 1.63. The fourth-order valence-corrected chi connectivity index (χ4v) is 1.91. The van der Waals surface area contributed by atoms with E-state index in [1.807, 2.05) is 38.1 Å². The molecule has 22 heavy (non-hydrogen) atoms. The molecule has 2 amide bonds. The zero-order valence-corrected chi connectivity index (χ0v) is 15.2. The maximum Gasteiger partial charge on any atom is 0.239 e. The van der Waals surface area contributed by atoms with Crippen molar-refractivity contribution < 1.29 is 9.59 Å². The Morgan fingerprint density at radius 2 is 1.77 bits per heavy atom. The van der Waals surface area contributed by atoms with Gasteiger partial charge in [-0.15, -0.1) is 12.4 Å². The molecule has 0 aromatic heterocycles. The highest BCUT2D eigenvalue weighted by Gasteiger charge is 2.17. The average molecular weight is 393 g/mol. The van der Waals surface area contributed by atoms with Crippen molar-refractivity contribution in [3.63, 3.8) is 0 Å². The van der Waals surface area contributed by atoms with Crippen LogP contribution in [-0.4, -0.2) is 30.9 Å². The second-order valence-corrected chi connectivity index (χ2v) is 6.13. The Kier molecular flexibility index (Phi) is 10.1. The van der Waals surface area contributed by atoms with Gasteiger partial charge in [0.05, 0.1) is 12.6 Å². The summed E-state index contributed by atoms with van der Waals surface area (Å²) in [5, 5.41) is 5.30. The topological polar surface area (TPSA) is 84.2 Å². The summed E-state index contributed by atoms with van der Waals surface area (Å²) in [4.78, 5) is 23.2. The van der Waals surface area contributed by atoms with Crippen LogP contribution in [0.1, 0.15) is 19.4 Å². The summed E-state index contributed by atoms with van der Waals surface area (Å²) in [6.07, 6.45) is 0.748. The molecule has 0 unspecified atom stereocenters. The lowest BCUT2D eigenvalue weighted by atomic mass is 10.1. The Morgan fingerprint density at radius 3 is 2.32 bits per heavy atom. The first-order valence-corrected chi connectivity index (χ1v) is 7.74. The quantitative estimate of drug-likeness (QED) is 0.659. The third-order valence-corrected chi connectivity index (χ3v) is 3.62. The van der Waals surface area contributed by atoms with Gasteiger partial charge < -0.3 is 16.4 Å². The second-order valence-electron chi connectivity index (χ2n) is 5.21. The molecule has 5 nitrogen and oxygen atoms in total. The number of nitrogens with two attached hydrogens (primary N) is 1. The number of benzene rings is 1. The lowest BCUT2D eigenvalue weighted by Crippen LogP contribution is -2.47. The van der Waals surface area contributed by atoms with Gasteiger partial charge >= 0.3 is 0 Å². The molecule has 0 aliphatic carbocycles. The predicted molar refractivity (Wildman–Crippen MR) is 93.9 cm³/mol. The van der Waals surface area contributed by atoms with Gasteiger partial charge in [-0.2, -0.15) is 0 Å². The fourth-order valence-electron chi connectivity index (χ4n) is 1.65. The third kappa shape index (κ3) is 7.77. The van der Waals surface area contributed by atoms with E-state index in [0.29, 0.717) is 6.54 Å². The van der Waals surface area contributed by atoms with Gasteiger partial charge in [-0.1, -0.05) is 41.9 Å². The minimum atomic E-state index is -0.583. The van der Waals surface area contributed by atoms with Crippen molar-refractivity contribution in [1.82, 2.24) is 10.6 Å². The Bertz CT molecular complexity index is 480. The van der Waals surface area contributed by atoms with Crippen LogP contribution in [-0.2, 0) is 16.0 Å². The van der Waals surface area contributed by atoms with E-state index in [1.54, 1.807) is 0 Å². The first-order valence-electron chi connectivity index (χ1n) is 6.94. The number of hydrogen-bond acceptors (Lipinski definition) is 3. The number of rotatable bonds is 7. The highest BCUT2D eigenvalue weighted by molar-refractivity contribution is 9.10. The second kappa shape index (κ2) is 10.6. The zero-order valence-electron chi connectivity index (χ0n) is 12.8. The molecule has 1 aromatic carbocycles. The van der Waals surface area contributed by atoms with Crippen LogP contribution in [0.3, 0.4) is 0 Å². The van der Waals surface area contributed by atoms with Crippen LogP contribution in [0.25, 0.3) is 0 Å². The number of carbonyl (C=O) groups is 2. The maximum atomic E-state index is 11.6. The zero-order chi connectivity index (χ0) is 15.8. The van der Waals surface area contributed by atoms with Crippen LogP contribution in [0.15, 0.2) is 28.7 Å². The van der Waals surface area contributed by atoms with E-state index in [9.17, 15) is 9.59 Å². The first-order chi connectivity index (χ1) is 9.90. The number of carbonyl (C=O) groups excluding carboxylic acids is 2. The van der Waals surface area contributed by atoms with Crippen LogP contribution >= 0.6 is 28.3 Å². The lowest BCUT2D eigenvalue weighted by molar-refractivity contribution is -0.127. The van der Waals surface area contributed by atoms with E-state index >= 15 is 0 Å². The van der Waals surface area contributed by atoms with Gasteiger partial charge in [-0.25, -0.2) is 0 Å². The Hall–Kier alpha value is -1.11. The molecule has 4 N–H and O–H groups in total. The van der Waals surface area contributed by atoms with Gasteiger partial charge in [0.15, 0.2) is 0 Å².